The fourth-order valence-corrected chi connectivity index (χ4v) is 1.13. The van der Waals surface area contributed by atoms with E-state index in [1.807, 2.05) is 30.3 Å². The molecule has 0 atom stereocenters. The zero-order valence-electron chi connectivity index (χ0n) is 8.73. The third kappa shape index (κ3) is 5.57. The summed E-state index contributed by atoms with van der Waals surface area (Å²) >= 11 is 0. The molecule has 15 heavy (non-hydrogen) atoms. The van der Waals surface area contributed by atoms with Gasteiger partial charge in [0.05, 0.1) is 6.61 Å². The van der Waals surface area contributed by atoms with Crippen LogP contribution in [0.25, 0.3) is 0 Å². The molecule has 0 amide bonds. The number of para-hydroxylation sites is 1. The monoisotopic (exact) mass is 207 g/mol. The molecule has 0 bridgehead atoms. The maximum atomic E-state index is 5.50. The molecule has 4 nitrogen and oxygen atoms in total. The molecule has 1 aromatic rings. The van der Waals surface area contributed by atoms with Crippen molar-refractivity contribution in [1.29, 1.82) is 0 Å². The molecule has 0 radical (unpaired) electrons. The molecule has 0 fully saturated rings. The number of ether oxygens (including phenoxy) is 1. The van der Waals surface area contributed by atoms with E-state index in [2.05, 4.69) is 4.99 Å². The van der Waals surface area contributed by atoms with Gasteiger partial charge in [-0.2, -0.15) is 0 Å². The summed E-state index contributed by atoms with van der Waals surface area (Å²) in [5.41, 5.74) is 10.4. The third-order valence-corrected chi connectivity index (χ3v) is 1.86. The van der Waals surface area contributed by atoms with Crippen LogP contribution in [0.4, 0.5) is 0 Å². The van der Waals surface area contributed by atoms with Crippen molar-refractivity contribution >= 4 is 5.96 Å². The average molecular weight is 207 g/mol. The molecule has 0 aliphatic rings. The van der Waals surface area contributed by atoms with Gasteiger partial charge in [-0.3, -0.25) is 4.99 Å². The highest BCUT2D eigenvalue weighted by molar-refractivity contribution is 5.75. The van der Waals surface area contributed by atoms with E-state index >= 15 is 0 Å². The van der Waals surface area contributed by atoms with Gasteiger partial charge in [0.1, 0.15) is 5.75 Å². The number of unbranched alkanes of at least 4 members (excludes halogenated alkanes) is 1. The van der Waals surface area contributed by atoms with Crippen LogP contribution in [0, 0.1) is 0 Å². The van der Waals surface area contributed by atoms with Crippen molar-refractivity contribution in [3.05, 3.63) is 30.3 Å². The van der Waals surface area contributed by atoms with Crippen LogP contribution in [0.1, 0.15) is 12.8 Å². The van der Waals surface area contributed by atoms with Gasteiger partial charge in [0.25, 0.3) is 0 Å². The molecule has 4 heteroatoms. The van der Waals surface area contributed by atoms with Gasteiger partial charge in [-0.15, -0.1) is 0 Å². The number of rotatable bonds is 6. The minimum atomic E-state index is 0.152. The van der Waals surface area contributed by atoms with Crippen molar-refractivity contribution in [3.63, 3.8) is 0 Å². The average Bonchev–Trinajstić information content (AvgIpc) is 2.24. The second-order valence-corrected chi connectivity index (χ2v) is 3.18. The summed E-state index contributed by atoms with van der Waals surface area (Å²) in [7, 11) is 0. The highest BCUT2D eigenvalue weighted by Crippen LogP contribution is 2.08. The molecule has 4 N–H and O–H groups in total. The Kier molecular flexibility index (Phi) is 5.08. The van der Waals surface area contributed by atoms with Crippen LogP contribution >= 0.6 is 0 Å². The van der Waals surface area contributed by atoms with E-state index in [4.69, 9.17) is 16.2 Å². The smallest absolute Gasteiger partial charge is 0.185 e. The van der Waals surface area contributed by atoms with Crippen LogP contribution in [-0.4, -0.2) is 19.1 Å². The topological polar surface area (TPSA) is 73.6 Å². The van der Waals surface area contributed by atoms with E-state index in [1.54, 1.807) is 0 Å². The van der Waals surface area contributed by atoms with E-state index in [1.165, 1.54) is 0 Å². The molecular weight excluding hydrogens is 190 g/mol. The van der Waals surface area contributed by atoms with Crippen molar-refractivity contribution in [2.45, 2.75) is 12.8 Å². The molecule has 0 aliphatic carbocycles. The predicted octanol–water partition coefficient (Wildman–Crippen LogP) is 1.12. The lowest BCUT2D eigenvalue weighted by Gasteiger charge is -2.04. The maximum absolute atomic E-state index is 5.50. The van der Waals surface area contributed by atoms with Crippen molar-refractivity contribution in [2.24, 2.45) is 16.5 Å². The summed E-state index contributed by atoms with van der Waals surface area (Å²) < 4.78 is 5.50. The molecule has 0 saturated heterocycles. The van der Waals surface area contributed by atoms with Gasteiger partial charge in [-0.05, 0) is 25.0 Å². The van der Waals surface area contributed by atoms with E-state index in [0.717, 1.165) is 18.6 Å². The number of guanidine groups is 1. The summed E-state index contributed by atoms with van der Waals surface area (Å²) in [6.45, 7) is 1.37. The van der Waals surface area contributed by atoms with Crippen LogP contribution in [-0.2, 0) is 0 Å². The first-order chi connectivity index (χ1) is 7.29. The number of hydrogen-bond donors (Lipinski definition) is 2. The fourth-order valence-electron chi connectivity index (χ4n) is 1.13. The van der Waals surface area contributed by atoms with Gasteiger partial charge in [0.2, 0.25) is 0 Å². The lowest BCUT2D eigenvalue weighted by Crippen LogP contribution is -2.23. The van der Waals surface area contributed by atoms with Gasteiger partial charge in [0, 0.05) is 6.54 Å². The Hall–Kier alpha value is -1.71. The first-order valence-electron chi connectivity index (χ1n) is 5.02. The van der Waals surface area contributed by atoms with E-state index in [0.29, 0.717) is 13.2 Å². The Labute approximate surface area is 89.9 Å². The second kappa shape index (κ2) is 6.70. The van der Waals surface area contributed by atoms with Gasteiger partial charge in [0.15, 0.2) is 5.96 Å². The van der Waals surface area contributed by atoms with Crippen LogP contribution in [0.15, 0.2) is 35.3 Å². The number of nitrogens with two attached hydrogens (primary N) is 2. The third-order valence-electron chi connectivity index (χ3n) is 1.86. The SMILES string of the molecule is NC(N)=NCCCCOc1ccccc1. The number of nitrogens with zero attached hydrogens (tertiary/aromatic N) is 1. The van der Waals surface area contributed by atoms with Crippen molar-refractivity contribution in [1.82, 2.24) is 0 Å². The molecule has 1 rings (SSSR count). The minimum Gasteiger partial charge on any atom is -0.494 e. The Bertz CT molecular complexity index is 294. The normalized spacial score (nSPS) is 9.60. The zero-order chi connectivity index (χ0) is 10.9. The molecule has 0 aromatic heterocycles. The Balaban J connectivity index is 2.05. The van der Waals surface area contributed by atoms with E-state index < -0.39 is 0 Å². The molecule has 0 spiro atoms. The number of hydrogen-bond acceptors (Lipinski definition) is 2. The lowest BCUT2D eigenvalue weighted by atomic mass is 10.3. The van der Waals surface area contributed by atoms with Crippen LogP contribution < -0.4 is 16.2 Å². The Morgan fingerprint density at radius 3 is 2.53 bits per heavy atom. The quantitative estimate of drug-likeness (QED) is 0.417. The van der Waals surface area contributed by atoms with Gasteiger partial charge < -0.3 is 16.2 Å². The summed E-state index contributed by atoms with van der Waals surface area (Å²) in [5.74, 6) is 1.05. The Morgan fingerprint density at radius 2 is 1.87 bits per heavy atom. The molecule has 1 aromatic carbocycles. The molecular formula is C11H17N3O. The molecule has 0 saturated carbocycles. The first kappa shape index (κ1) is 11.4. The van der Waals surface area contributed by atoms with Crippen LogP contribution in [0.2, 0.25) is 0 Å². The largest absolute Gasteiger partial charge is 0.494 e. The summed E-state index contributed by atoms with van der Waals surface area (Å²) in [6, 6.07) is 9.75. The predicted molar refractivity (Wildman–Crippen MR) is 61.8 cm³/mol. The highest BCUT2D eigenvalue weighted by Gasteiger charge is 1.91. The van der Waals surface area contributed by atoms with Crippen molar-refractivity contribution in [2.75, 3.05) is 13.2 Å². The molecule has 0 unspecified atom stereocenters. The summed E-state index contributed by atoms with van der Waals surface area (Å²) in [5, 5.41) is 0. The molecule has 0 heterocycles. The lowest BCUT2D eigenvalue weighted by molar-refractivity contribution is 0.308. The summed E-state index contributed by atoms with van der Waals surface area (Å²) in [4.78, 5) is 3.89. The molecule has 82 valence electrons. The van der Waals surface area contributed by atoms with Crippen LogP contribution in [0.3, 0.4) is 0 Å². The maximum Gasteiger partial charge on any atom is 0.185 e. The standard InChI is InChI=1S/C11H17N3O/c12-11(13)14-8-4-5-9-15-10-6-2-1-3-7-10/h1-3,6-7H,4-5,8-9H2,(H4,12,13,14). The van der Waals surface area contributed by atoms with E-state index in [9.17, 15) is 0 Å². The fraction of sp³-hybridized carbons (Fsp3) is 0.364. The van der Waals surface area contributed by atoms with Crippen molar-refractivity contribution < 1.29 is 4.74 Å². The van der Waals surface area contributed by atoms with E-state index in [-0.39, 0.29) is 5.96 Å². The first-order valence-corrected chi connectivity index (χ1v) is 5.02. The second-order valence-electron chi connectivity index (χ2n) is 3.18. The highest BCUT2D eigenvalue weighted by atomic mass is 16.5. The van der Waals surface area contributed by atoms with Crippen LogP contribution in [0.5, 0.6) is 5.75 Å². The van der Waals surface area contributed by atoms with Gasteiger partial charge >= 0.3 is 0 Å². The van der Waals surface area contributed by atoms with Gasteiger partial charge in [-0.1, -0.05) is 18.2 Å². The summed E-state index contributed by atoms with van der Waals surface area (Å²) in [6.07, 6.45) is 1.89. The van der Waals surface area contributed by atoms with Crippen molar-refractivity contribution in [3.8, 4) is 5.75 Å². The van der Waals surface area contributed by atoms with Gasteiger partial charge in [-0.25, -0.2) is 0 Å². The zero-order valence-corrected chi connectivity index (χ0v) is 8.73. The number of benzene rings is 1. The number of aliphatic imine (C=N–C) groups is 1. The Morgan fingerprint density at radius 1 is 1.13 bits per heavy atom. The molecule has 0 aliphatic heterocycles. The minimum absolute atomic E-state index is 0.152.